The Hall–Kier alpha value is -0.580. The fourth-order valence-corrected chi connectivity index (χ4v) is 2.88. The molecule has 19 heavy (non-hydrogen) atoms. The summed E-state index contributed by atoms with van der Waals surface area (Å²) < 4.78 is 1.01. The maximum absolute atomic E-state index is 6.24. The summed E-state index contributed by atoms with van der Waals surface area (Å²) in [6.07, 6.45) is 0. The lowest BCUT2D eigenvalue weighted by Crippen LogP contribution is -2.29. The van der Waals surface area contributed by atoms with Gasteiger partial charge in [0.15, 0.2) is 0 Å². The van der Waals surface area contributed by atoms with Crippen LogP contribution in [-0.4, -0.2) is 0 Å². The third-order valence-electron chi connectivity index (χ3n) is 2.97. The maximum Gasteiger partial charge on any atom is 0.0736 e. The molecule has 100 valence electrons. The fraction of sp³-hybridized carbons (Fsp3) is 0.143. The van der Waals surface area contributed by atoms with E-state index in [-0.39, 0.29) is 6.04 Å². The van der Waals surface area contributed by atoms with Crippen LogP contribution in [0.25, 0.3) is 0 Å². The van der Waals surface area contributed by atoms with E-state index in [4.69, 9.17) is 29.0 Å². The van der Waals surface area contributed by atoms with Gasteiger partial charge in [-0.25, -0.2) is 5.43 Å². The Morgan fingerprint density at radius 1 is 1.16 bits per heavy atom. The molecule has 0 radical (unpaired) electrons. The number of benzene rings is 2. The van der Waals surface area contributed by atoms with Crippen LogP contribution >= 0.6 is 39.1 Å². The first-order chi connectivity index (χ1) is 9.04. The van der Waals surface area contributed by atoms with Crippen LogP contribution in [0.3, 0.4) is 0 Å². The summed E-state index contributed by atoms with van der Waals surface area (Å²) in [5.74, 6) is 5.70. The van der Waals surface area contributed by atoms with Gasteiger partial charge in [-0.2, -0.15) is 0 Å². The summed E-state index contributed by atoms with van der Waals surface area (Å²) in [6.45, 7) is 2.03. The highest BCUT2D eigenvalue weighted by Gasteiger charge is 2.19. The second-order valence-electron chi connectivity index (χ2n) is 4.24. The number of nitrogens with one attached hydrogen (secondary N) is 1. The molecule has 0 aliphatic rings. The van der Waals surface area contributed by atoms with Crippen molar-refractivity contribution in [2.75, 3.05) is 0 Å². The Labute approximate surface area is 131 Å². The van der Waals surface area contributed by atoms with E-state index >= 15 is 0 Å². The van der Waals surface area contributed by atoms with E-state index in [0.29, 0.717) is 10.0 Å². The number of hydrazine groups is 1. The van der Waals surface area contributed by atoms with E-state index in [1.807, 2.05) is 31.2 Å². The van der Waals surface area contributed by atoms with Crippen molar-refractivity contribution >= 4 is 39.1 Å². The molecule has 0 heterocycles. The molecule has 3 N–H and O–H groups in total. The van der Waals surface area contributed by atoms with E-state index < -0.39 is 0 Å². The Morgan fingerprint density at radius 2 is 1.89 bits per heavy atom. The predicted octanol–water partition coefficient (Wildman–Crippen LogP) is 4.62. The average Bonchev–Trinajstić information content (AvgIpc) is 2.39. The molecule has 0 bridgehead atoms. The molecule has 0 aliphatic carbocycles. The van der Waals surface area contributed by atoms with Crippen molar-refractivity contribution in [2.24, 2.45) is 5.84 Å². The molecule has 0 aromatic heterocycles. The number of hydrogen-bond donors (Lipinski definition) is 2. The predicted molar refractivity (Wildman–Crippen MR) is 84.5 cm³/mol. The van der Waals surface area contributed by atoms with Crippen LogP contribution < -0.4 is 11.3 Å². The van der Waals surface area contributed by atoms with Crippen LogP contribution in [-0.2, 0) is 0 Å². The van der Waals surface area contributed by atoms with Crippen molar-refractivity contribution in [1.82, 2.24) is 5.43 Å². The molecule has 1 atom stereocenters. The molecular formula is C14H13BrCl2N2. The van der Waals surface area contributed by atoms with E-state index in [9.17, 15) is 0 Å². The summed E-state index contributed by atoms with van der Waals surface area (Å²) in [6, 6.07) is 11.1. The third-order valence-corrected chi connectivity index (χ3v) is 4.63. The first-order valence-corrected chi connectivity index (χ1v) is 7.25. The van der Waals surface area contributed by atoms with Crippen molar-refractivity contribution in [3.8, 4) is 0 Å². The first-order valence-electron chi connectivity index (χ1n) is 5.70. The van der Waals surface area contributed by atoms with Crippen LogP contribution in [0.5, 0.6) is 0 Å². The largest absolute Gasteiger partial charge is 0.271 e. The summed E-state index contributed by atoms with van der Waals surface area (Å²) in [4.78, 5) is 0. The molecule has 1 unspecified atom stereocenters. The summed E-state index contributed by atoms with van der Waals surface area (Å²) in [7, 11) is 0. The molecule has 0 aliphatic heterocycles. The third kappa shape index (κ3) is 3.12. The van der Waals surface area contributed by atoms with E-state index in [1.54, 1.807) is 12.1 Å². The summed E-state index contributed by atoms with van der Waals surface area (Å²) in [5, 5.41) is 1.25. The minimum absolute atomic E-state index is 0.222. The molecule has 2 nitrogen and oxygen atoms in total. The fourth-order valence-electron chi connectivity index (χ4n) is 1.98. The van der Waals surface area contributed by atoms with Gasteiger partial charge < -0.3 is 0 Å². The van der Waals surface area contributed by atoms with Gasteiger partial charge in [0.25, 0.3) is 0 Å². The van der Waals surface area contributed by atoms with Crippen molar-refractivity contribution in [3.05, 3.63) is 67.6 Å². The number of halogens is 3. The molecule has 0 saturated heterocycles. The van der Waals surface area contributed by atoms with Gasteiger partial charge in [0.1, 0.15) is 0 Å². The smallest absolute Gasteiger partial charge is 0.0736 e. The van der Waals surface area contributed by atoms with Gasteiger partial charge in [-0.3, -0.25) is 5.84 Å². The topological polar surface area (TPSA) is 38.0 Å². The molecule has 2 rings (SSSR count). The lowest BCUT2D eigenvalue weighted by atomic mass is 9.98. The van der Waals surface area contributed by atoms with Crippen LogP contribution in [0.1, 0.15) is 22.7 Å². The lowest BCUT2D eigenvalue weighted by molar-refractivity contribution is 0.634. The highest BCUT2D eigenvalue weighted by molar-refractivity contribution is 9.10. The van der Waals surface area contributed by atoms with E-state index in [0.717, 1.165) is 21.2 Å². The molecular weight excluding hydrogens is 347 g/mol. The van der Waals surface area contributed by atoms with Crippen LogP contribution in [0, 0.1) is 6.92 Å². The Morgan fingerprint density at radius 3 is 2.58 bits per heavy atom. The monoisotopic (exact) mass is 358 g/mol. The molecule has 5 heteroatoms. The van der Waals surface area contributed by atoms with Crippen molar-refractivity contribution in [1.29, 1.82) is 0 Å². The second kappa shape index (κ2) is 6.25. The second-order valence-corrected chi connectivity index (χ2v) is 5.88. The zero-order chi connectivity index (χ0) is 14.0. The molecule has 0 saturated carbocycles. The highest BCUT2D eigenvalue weighted by atomic mass is 79.9. The molecule has 0 amide bonds. The van der Waals surface area contributed by atoms with Gasteiger partial charge in [-0.15, -0.1) is 0 Å². The average molecular weight is 360 g/mol. The Bertz CT molecular complexity index is 600. The Kier molecular flexibility index (Phi) is 4.87. The summed E-state index contributed by atoms with van der Waals surface area (Å²) in [5.41, 5.74) is 5.80. The zero-order valence-electron chi connectivity index (χ0n) is 10.3. The van der Waals surface area contributed by atoms with Crippen molar-refractivity contribution in [2.45, 2.75) is 13.0 Å². The SMILES string of the molecule is Cc1cccc(C(NN)c2cc(Cl)ccc2Cl)c1Br. The van der Waals surface area contributed by atoms with Gasteiger partial charge in [0.2, 0.25) is 0 Å². The van der Waals surface area contributed by atoms with Gasteiger partial charge in [-0.1, -0.05) is 57.3 Å². The van der Waals surface area contributed by atoms with Gasteiger partial charge in [0.05, 0.1) is 6.04 Å². The van der Waals surface area contributed by atoms with Gasteiger partial charge >= 0.3 is 0 Å². The van der Waals surface area contributed by atoms with Gasteiger partial charge in [0, 0.05) is 14.5 Å². The molecule has 2 aromatic carbocycles. The maximum atomic E-state index is 6.24. The van der Waals surface area contributed by atoms with Gasteiger partial charge in [-0.05, 0) is 41.8 Å². The Balaban J connectivity index is 2.56. The first kappa shape index (κ1) is 14.8. The molecule has 0 spiro atoms. The van der Waals surface area contributed by atoms with Crippen LogP contribution in [0.2, 0.25) is 10.0 Å². The minimum Gasteiger partial charge on any atom is -0.271 e. The molecule has 0 fully saturated rings. The minimum atomic E-state index is -0.222. The quantitative estimate of drug-likeness (QED) is 0.620. The number of nitrogens with two attached hydrogens (primary N) is 1. The number of rotatable bonds is 3. The van der Waals surface area contributed by atoms with Crippen molar-refractivity contribution < 1.29 is 0 Å². The number of aryl methyl sites for hydroxylation is 1. The van der Waals surface area contributed by atoms with Crippen LogP contribution in [0.15, 0.2) is 40.9 Å². The van der Waals surface area contributed by atoms with E-state index in [2.05, 4.69) is 21.4 Å². The standard InChI is InChI=1S/C14H13BrCl2N2/c1-8-3-2-4-10(13(8)15)14(19-18)11-7-9(16)5-6-12(11)17/h2-7,14,19H,18H2,1H3. The normalized spacial score (nSPS) is 12.5. The molecule has 2 aromatic rings. The number of hydrogen-bond acceptors (Lipinski definition) is 2. The van der Waals surface area contributed by atoms with Crippen molar-refractivity contribution in [3.63, 3.8) is 0 Å². The summed E-state index contributed by atoms with van der Waals surface area (Å²) >= 11 is 15.9. The van der Waals surface area contributed by atoms with E-state index in [1.165, 1.54) is 0 Å². The highest BCUT2D eigenvalue weighted by Crippen LogP contribution is 2.34. The lowest BCUT2D eigenvalue weighted by Gasteiger charge is -2.20. The zero-order valence-corrected chi connectivity index (χ0v) is 13.4. The van der Waals surface area contributed by atoms with Crippen LogP contribution in [0.4, 0.5) is 0 Å².